The molecule has 84 valence electrons. The van der Waals surface area contributed by atoms with E-state index in [1.54, 1.807) is 24.0 Å². The van der Waals surface area contributed by atoms with E-state index in [2.05, 4.69) is 5.32 Å². The van der Waals surface area contributed by atoms with Gasteiger partial charge in [-0.25, -0.2) is 9.59 Å². The lowest BCUT2D eigenvalue weighted by atomic mass is 10.1. The number of carbonyl (C=O) groups excluding carboxylic acids is 1. The second kappa shape index (κ2) is 3.84. The van der Waals surface area contributed by atoms with Crippen molar-refractivity contribution in [3.05, 3.63) is 29.3 Å². The Hall–Kier alpha value is -2.04. The Labute approximate surface area is 92.7 Å². The van der Waals surface area contributed by atoms with Crippen molar-refractivity contribution >= 4 is 17.7 Å². The van der Waals surface area contributed by atoms with Crippen LogP contribution in [0.2, 0.25) is 0 Å². The van der Waals surface area contributed by atoms with Crippen molar-refractivity contribution in [3.8, 4) is 0 Å². The molecule has 0 unspecified atom stereocenters. The standard InChI is InChI=1S/C11H12N2O3/c1-7-6-8(10(14)15)2-3-9(7)13-5-4-12-11(13)16/h2-3,6H,4-5H2,1H3,(H,12,16)(H,14,15). The van der Waals surface area contributed by atoms with E-state index in [1.807, 2.05) is 0 Å². The number of nitrogens with zero attached hydrogens (tertiary/aromatic N) is 1. The molecule has 0 saturated carbocycles. The predicted molar refractivity (Wildman–Crippen MR) is 58.9 cm³/mol. The topological polar surface area (TPSA) is 69.6 Å². The average Bonchev–Trinajstić information content (AvgIpc) is 2.64. The molecule has 0 spiro atoms. The monoisotopic (exact) mass is 220 g/mol. The van der Waals surface area contributed by atoms with Crippen LogP contribution in [0.1, 0.15) is 15.9 Å². The number of carbonyl (C=O) groups is 2. The van der Waals surface area contributed by atoms with Crippen molar-refractivity contribution in [2.24, 2.45) is 0 Å². The minimum absolute atomic E-state index is 0.133. The average molecular weight is 220 g/mol. The molecule has 5 heteroatoms. The van der Waals surface area contributed by atoms with Gasteiger partial charge in [-0.3, -0.25) is 4.90 Å². The fourth-order valence-corrected chi connectivity index (χ4v) is 1.79. The number of aromatic carboxylic acids is 1. The molecular weight excluding hydrogens is 208 g/mol. The smallest absolute Gasteiger partial charge is 0.335 e. The van der Waals surface area contributed by atoms with E-state index in [4.69, 9.17) is 5.11 Å². The lowest BCUT2D eigenvalue weighted by Gasteiger charge is -2.17. The van der Waals surface area contributed by atoms with Gasteiger partial charge in [0, 0.05) is 18.8 Å². The molecule has 1 aromatic carbocycles. The number of carboxylic acid groups (broad SMARTS) is 1. The van der Waals surface area contributed by atoms with Gasteiger partial charge in [0.2, 0.25) is 0 Å². The molecule has 2 rings (SSSR count). The summed E-state index contributed by atoms with van der Waals surface area (Å²) >= 11 is 0. The zero-order chi connectivity index (χ0) is 11.7. The molecule has 16 heavy (non-hydrogen) atoms. The van der Waals surface area contributed by atoms with Crippen molar-refractivity contribution in [3.63, 3.8) is 0 Å². The molecule has 0 radical (unpaired) electrons. The number of anilines is 1. The number of rotatable bonds is 2. The highest BCUT2D eigenvalue weighted by molar-refractivity contribution is 5.96. The van der Waals surface area contributed by atoms with E-state index in [0.717, 1.165) is 11.3 Å². The molecule has 0 aliphatic carbocycles. The van der Waals surface area contributed by atoms with Crippen molar-refractivity contribution in [2.75, 3.05) is 18.0 Å². The normalized spacial score (nSPS) is 15.1. The number of amides is 2. The zero-order valence-electron chi connectivity index (χ0n) is 8.86. The van der Waals surface area contributed by atoms with Gasteiger partial charge in [-0.2, -0.15) is 0 Å². The Morgan fingerprint density at radius 3 is 2.75 bits per heavy atom. The maximum absolute atomic E-state index is 11.4. The summed E-state index contributed by atoms with van der Waals surface area (Å²) in [5.74, 6) is -0.958. The quantitative estimate of drug-likeness (QED) is 0.787. The van der Waals surface area contributed by atoms with Crippen LogP contribution < -0.4 is 10.2 Å². The van der Waals surface area contributed by atoms with Crippen LogP contribution in [-0.2, 0) is 0 Å². The zero-order valence-corrected chi connectivity index (χ0v) is 8.86. The van der Waals surface area contributed by atoms with Gasteiger partial charge in [0.25, 0.3) is 0 Å². The third kappa shape index (κ3) is 1.71. The molecule has 1 heterocycles. The maximum atomic E-state index is 11.4. The SMILES string of the molecule is Cc1cc(C(=O)O)ccc1N1CCNC1=O. The number of carboxylic acids is 1. The van der Waals surface area contributed by atoms with Crippen LogP contribution in [0.25, 0.3) is 0 Å². The van der Waals surface area contributed by atoms with Crippen LogP contribution >= 0.6 is 0 Å². The van der Waals surface area contributed by atoms with Crippen molar-refractivity contribution < 1.29 is 14.7 Å². The van der Waals surface area contributed by atoms with Gasteiger partial charge in [-0.1, -0.05) is 0 Å². The van der Waals surface area contributed by atoms with Gasteiger partial charge in [0.05, 0.1) is 5.56 Å². The Kier molecular flexibility index (Phi) is 2.52. The molecule has 0 aromatic heterocycles. The summed E-state index contributed by atoms with van der Waals surface area (Å²) in [6, 6.07) is 4.62. The number of nitrogens with one attached hydrogen (secondary N) is 1. The summed E-state index contributed by atoms with van der Waals surface area (Å²) in [7, 11) is 0. The minimum atomic E-state index is -0.958. The molecule has 1 aliphatic heterocycles. The molecule has 1 aliphatic rings. The molecular formula is C11H12N2O3. The molecule has 1 aromatic rings. The summed E-state index contributed by atoms with van der Waals surface area (Å²) < 4.78 is 0. The molecule has 2 amide bonds. The fourth-order valence-electron chi connectivity index (χ4n) is 1.79. The number of hydrogen-bond donors (Lipinski definition) is 2. The van der Waals surface area contributed by atoms with E-state index in [9.17, 15) is 9.59 Å². The van der Waals surface area contributed by atoms with Crippen molar-refractivity contribution in [1.29, 1.82) is 0 Å². The third-order valence-corrected chi connectivity index (χ3v) is 2.59. The van der Waals surface area contributed by atoms with Crippen LogP contribution in [0.3, 0.4) is 0 Å². The Morgan fingerprint density at radius 2 is 2.25 bits per heavy atom. The van der Waals surface area contributed by atoms with Crippen LogP contribution in [0, 0.1) is 6.92 Å². The van der Waals surface area contributed by atoms with E-state index in [-0.39, 0.29) is 11.6 Å². The number of urea groups is 1. The first-order chi connectivity index (χ1) is 7.59. The summed E-state index contributed by atoms with van der Waals surface area (Å²) in [5, 5.41) is 11.5. The number of benzene rings is 1. The summed E-state index contributed by atoms with van der Waals surface area (Å²) in [5.41, 5.74) is 1.79. The van der Waals surface area contributed by atoms with Gasteiger partial charge in [-0.05, 0) is 30.7 Å². The minimum Gasteiger partial charge on any atom is -0.478 e. The Morgan fingerprint density at radius 1 is 1.50 bits per heavy atom. The van der Waals surface area contributed by atoms with Crippen LogP contribution in [-0.4, -0.2) is 30.2 Å². The summed E-state index contributed by atoms with van der Waals surface area (Å²) in [6.07, 6.45) is 0. The highest BCUT2D eigenvalue weighted by Crippen LogP contribution is 2.22. The molecule has 1 saturated heterocycles. The largest absolute Gasteiger partial charge is 0.478 e. The van der Waals surface area contributed by atoms with E-state index in [1.165, 1.54) is 6.07 Å². The fraction of sp³-hybridized carbons (Fsp3) is 0.273. The highest BCUT2D eigenvalue weighted by Gasteiger charge is 2.22. The van der Waals surface area contributed by atoms with Gasteiger partial charge in [0.1, 0.15) is 0 Å². The second-order valence-electron chi connectivity index (χ2n) is 3.69. The Balaban J connectivity index is 2.36. The van der Waals surface area contributed by atoms with Gasteiger partial charge >= 0.3 is 12.0 Å². The van der Waals surface area contributed by atoms with E-state index >= 15 is 0 Å². The van der Waals surface area contributed by atoms with Crippen molar-refractivity contribution in [1.82, 2.24) is 5.32 Å². The van der Waals surface area contributed by atoms with E-state index in [0.29, 0.717) is 13.1 Å². The van der Waals surface area contributed by atoms with Gasteiger partial charge in [-0.15, -0.1) is 0 Å². The molecule has 0 atom stereocenters. The summed E-state index contributed by atoms with van der Waals surface area (Å²) in [6.45, 7) is 3.04. The van der Waals surface area contributed by atoms with Gasteiger partial charge < -0.3 is 10.4 Å². The molecule has 2 N–H and O–H groups in total. The first-order valence-corrected chi connectivity index (χ1v) is 4.99. The van der Waals surface area contributed by atoms with Crippen LogP contribution in [0.15, 0.2) is 18.2 Å². The van der Waals surface area contributed by atoms with Crippen molar-refractivity contribution in [2.45, 2.75) is 6.92 Å². The molecule has 0 bridgehead atoms. The first kappa shape index (κ1) is 10.5. The van der Waals surface area contributed by atoms with Gasteiger partial charge in [0.15, 0.2) is 0 Å². The van der Waals surface area contributed by atoms with E-state index < -0.39 is 5.97 Å². The third-order valence-electron chi connectivity index (χ3n) is 2.59. The number of aryl methyl sites for hydroxylation is 1. The lowest BCUT2D eigenvalue weighted by molar-refractivity contribution is 0.0697. The van der Waals surface area contributed by atoms with Crippen LogP contribution in [0.4, 0.5) is 10.5 Å². The predicted octanol–water partition coefficient (Wildman–Crippen LogP) is 1.22. The van der Waals surface area contributed by atoms with Crippen LogP contribution in [0.5, 0.6) is 0 Å². The molecule has 5 nitrogen and oxygen atoms in total. The highest BCUT2D eigenvalue weighted by atomic mass is 16.4. The second-order valence-corrected chi connectivity index (χ2v) is 3.69. The maximum Gasteiger partial charge on any atom is 0.335 e. The number of hydrogen-bond acceptors (Lipinski definition) is 2. The molecule has 1 fully saturated rings. The lowest BCUT2D eigenvalue weighted by Crippen LogP contribution is -2.28. The first-order valence-electron chi connectivity index (χ1n) is 4.99. The summed E-state index contributed by atoms with van der Waals surface area (Å²) in [4.78, 5) is 23.8. The Bertz CT molecular complexity index is 457.